The third-order valence-electron chi connectivity index (χ3n) is 3.02. The molecule has 0 amide bonds. The van der Waals surface area contributed by atoms with E-state index in [1.54, 1.807) is 6.07 Å². The summed E-state index contributed by atoms with van der Waals surface area (Å²) >= 11 is 0. The lowest BCUT2D eigenvalue weighted by Gasteiger charge is -2.06. The lowest BCUT2D eigenvalue weighted by Crippen LogP contribution is -2.03. The van der Waals surface area contributed by atoms with Gasteiger partial charge in [-0.1, -0.05) is 19.4 Å². The zero-order valence-electron chi connectivity index (χ0n) is 10.8. The molecule has 0 aliphatic heterocycles. The van der Waals surface area contributed by atoms with Gasteiger partial charge in [0.1, 0.15) is 16.7 Å². The monoisotopic (exact) mass is 272 g/mol. The van der Waals surface area contributed by atoms with Crippen LogP contribution in [0.4, 0.5) is 0 Å². The van der Waals surface area contributed by atoms with E-state index in [9.17, 15) is 9.90 Å². The largest absolute Gasteiger partial charge is 0.507 e. The van der Waals surface area contributed by atoms with Crippen LogP contribution in [0.25, 0.3) is 22.6 Å². The third-order valence-corrected chi connectivity index (χ3v) is 3.02. The molecule has 0 radical (unpaired) electrons. The van der Waals surface area contributed by atoms with E-state index in [0.717, 1.165) is 18.4 Å². The summed E-state index contributed by atoms with van der Waals surface area (Å²) in [4.78, 5) is 12.2. The average molecular weight is 272 g/mol. The number of aromatic amines is 1. The number of phenols is 1. The fourth-order valence-electron chi connectivity index (χ4n) is 2.14. The first-order valence-corrected chi connectivity index (χ1v) is 6.23. The number of nitrogens with zero attached hydrogens (tertiary/aromatic N) is 3. The molecule has 102 valence electrons. The topological polar surface area (TPSA) is 105 Å². The number of H-pyrrole nitrogens is 1. The van der Waals surface area contributed by atoms with Gasteiger partial charge in [-0.25, -0.2) is 0 Å². The highest BCUT2D eigenvalue weighted by atomic mass is 16.3. The van der Waals surface area contributed by atoms with Gasteiger partial charge >= 0.3 is 0 Å². The van der Waals surface area contributed by atoms with Crippen molar-refractivity contribution < 1.29 is 9.52 Å². The van der Waals surface area contributed by atoms with E-state index in [4.69, 9.17) is 4.42 Å². The summed E-state index contributed by atoms with van der Waals surface area (Å²) in [5.74, 6) is 0.335. The molecule has 2 heterocycles. The highest BCUT2D eigenvalue weighted by Crippen LogP contribution is 2.28. The van der Waals surface area contributed by atoms with Crippen molar-refractivity contribution in [3.63, 3.8) is 0 Å². The van der Waals surface area contributed by atoms with Gasteiger partial charge in [-0.15, -0.1) is 10.2 Å². The molecular weight excluding hydrogens is 260 g/mol. The molecule has 2 N–H and O–H groups in total. The van der Waals surface area contributed by atoms with Crippen LogP contribution >= 0.6 is 0 Å². The van der Waals surface area contributed by atoms with E-state index in [0.29, 0.717) is 5.58 Å². The number of aromatic hydroxyl groups is 1. The number of phenolic OH excluding ortho intramolecular Hbond substituents is 1. The summed E-state index contributed by atoms with van der Waals surface area (Å²) in [7, 11) is 0. The second-order valence-electron chi connectivity index (χ2n) is 4.41. The molecule has 0 spiro atoms. The quantitative estimate of drug-likeness (QED) is 0.750. The minimum Gasteiger partial charge on any atom is -0.507 e. The second-order valence-corrected chi connectivity index (χ2v) is 4.41. The van der Waals surface area contributed by atoms with Crippen molar-refractivity contribution in [1.82, 2.24) is 20.6 Å². The summed E-state index contributed by atoms with van der Waals surface area (Å²) in [5, 5.41) is 23.4. The molecule has 0 saturated heterocycles. The van der Waals surface area contributed by atoms with Gasteiger partial charge in [0.2, 0.25) is 5.82 Å². The molecule has 0 unspecified atom stereocenters. The number of tetrazole rings is 1. The zero-order chi connectivity index (χ0) is 14.1. The van der Waals surface area contributed by atoms with Gasteiger partial charge in [0.15, 0.2) is 11.2 Å². The van der Waals surface area contributed by atoms with E-state index < -0.39 is 0 Å². The highest BCUT2D eigenvalue weighted by molar-refractivity contribution is 5.86. The van der Waals surface area contributed by atoms with Crippen LogP contribution in [0.2, 0.25) is 0 Å². The lowest BCUT2D eigenvalue weighted by molar-refractivity contribution is 0.479. The normalized spacial score (nSPS) is 11.1. The SMILES string of the molecule is CCCc1ccc(O)c2c(=O)cc(-c3nn[nH]n3)oc12. The summed E-state index contributed by atoms with van der Waals surface area (Å²) in [6.45, 7) is 2.03. The van der Waals surface area contributed by atoms with Crippen molar-refractivity contribution in [2.24, 2.45) is 0 Å². The Morgan fingerprint density at radius 2 is 2.25 bits per heavy atom. The van der Waals surface area contributed by atoms with Gasteiger partial charge in [0.05, 0.1) is 0 Å². The number of hydrogen-bond donors (Lipinski definition) is 2. The molecule has 20 heavy (non-hydrogen) atoms. The number of nitrogens with one attached hydrogen (secondary N) is 1. The molecular formula is C13H12N4O3. The van der Waals surface area contributed by atoms with Crippen molar-refractivity contribution in [2.75, 3.05) is 0 Å². The van der Waals surface area contributed by atoms with Gasteiger partial charge in [-0.05, 0) is 23.3 Å². The molecule has 7 heteroatoms. The van der Waals surface area contributed by atoms with Crippen LogP contribution in [0, 0.1) is 0 Å². The summed E-state index contributed by atoms with van der Waals surface area (Å²) in [6, 6.07) is 4.52. The van der Waals surface area contributed by atoms with Crippen molar-refractivity contribution in [3.8, 4) is 17.3 Å². The van der Waals surface area contributed by atoms with Gasteiger partial charge in [0.25, 0.3) is 0 Å². The molecule has 1 aromatic carbocycles. The first-order chi connectivity index (χ1) is 9.70. The molecule has 0 saturated carbocycles. The fraction of sp³-hybridized carbons (Fsp3) is 0.231. The fourth-order valence-corrected chi connectivity index (χ4v) is 2.14. The van der Waals surface area contributed by atoms with Gasteiger partial charge < -0.3 is 9.52 Å². The summed E-state index contributed by atoms with van der Waals surface area (Å²) < 4.78 is 5.71. The van der Waals surface area contributed by atoms with Crippen molar-refractivity contribution in [1.29, 1.82) is 0 Å². The number of aryl methyl sites for hydroxylation is 1. The Hall–Kier alpha value is -2.70. The second kappa shape index (κ2) is 4.76. The van der Waals surface area contributed by atoms with E-state index >= 15 is 0 Å². The predicted molar refractivity (Wildman–Crippen MR) is 71.3 cm³/mol. The van der Waals surface area contributed by atoms with Crippen molar-refractivity contribution >= 4 is 11.0 Å². The first kappa shape index (κ1) is 12.3. The van der Waals surface area contributed by atoms with Crippen LogP contribution in [-0.4, -0.2) is 25.7 Å². The predicted octanol–water partition coefficient (Wildman–Crippen LogP) is 1.63. The molecule has 0 atom stereocenters. The lowest BCUT2D eigenvalue weighted by atomic mass is 10.1. The van der Waals surface area contributed by atoms with Crippen LogP contribution in [0.1, 0.15) is 18.9 Å². The van der Waals surface area contributed by atoms with E-state index in [1.165, 1.54) is 12.1 Å². The average Bonchev–Trinajstić information content (AvgIpc) is 2.95. The van der Waals surface area contributed by atoms with Crippen molar-refractivity contribution in [2.45, 2.75) is 19.8 Å². The Morgan fingerprint density at radius 1 is 1.40 bits per heavy atom. The van der Waals surface area contributed by atoms with Crippen molar-refractivity contribution in [3.05, 3.63) is 34.0 Å². The van der Waals surface area contributed by atoms with Gasteiger partial charge in [-0.3, -0.25) is 4.79 Å². The standard InChI is InChI=1S/C13H12N4O3/c1-2-3-7-4-5-8(18)11-9(19)6-10(20-12(7)11)13-14-16-17-15-13/h4-6,18H,2-3H2,1H3,(H,14,15,16,17). The number of aromatic nitrogens is 4. The number of rotatable bonds is 3. The van der Waals surface area contributed by atoms with E-state index in [1.807, 2.05) is 6.92 Å². The minimum atomic E-state index is -0.332. The highest BCUT2D eigenvalue weighted by Gasteiger charge is 2.15. The smallest absolute Gasteiger partial charge is 0.239 e. The molecule has 2 aromatic heterocycles. The summed E-state index contributed by atoms with van der Waals surface area (Å²) in [5.41, 5.74) is 0.906. The molecule has 0 fully saturated rings. The Kier molecular flexibility index (Phi) is 2.94. The number of hydrogen-bond acceptors (Lipinski definition) is 6. The maximum Gasteiger partial charge on any atom is 0.239 e. The Morgan fingerprint density at radius 3 is 2.95 bits per heavy atom. The number of benzene rings is 1. The minimum absolute atomic E-state index is 0.0896. The summed E-state index contributed by atoms with van der Waals surface area (Å²) in [6.07, 6.45) is 1.64. The molecule has 7 nitrogen and oxygen atoms in total. The molecule has 3 aromatic rings. The Balaban J connectivity index is 2.34. The van der Waals surface area contributed by atoms with Crippen LogP contribution in [0.3, 0.4) is 0 Å². The van der Waals surface area contributed by atoms with Gasteiger partial charge in [0, 0.05) is 6.07 Å². The molecule has 0 aliphatic carbocycles. The third kappa shape index (κ3) is 1.93. The Labute approximate surface area is 113 Å². The maximum atomic E-state index is 12.2. The zero-order valence-corrected chi connectivity index (χ0v) is 10.8. The van der Waals surface area contributed by atoms with Crippen LogP contribution in [0.15, 0.2) is 27.4 Å². The Bertz CT molecular complexity index is 808. The van der Waals surface area contributed by atoms with Crippen LogP contribution < -0.4 is 5.43 Å². The molecule has 0 aliphatic rings. The number of fused-ring (bicyclic) bond motifs is 1. The first-order valence-electron chi connectivity index (χ1n) is 6.23. The van der Waals surface area contributed by atoms with E-state index in [-0.39, 0.29) is 28.1 Å². The van der Waals surface area contributed by atoms with Gasteiger partial charge in [-0.2, -0.15) is 5.21 Å². The van der Waals surface area contributed by atoms with Crippen LogP contribution in [0.5, 0.6) is 5.75 Å². The maximum absolute atomic E-state index is 12.2. The van der Waals surface area contributed by atoms with Crippen LogP contribution in [-0.2, 0) is 6.42 Å². The van der Waals surface area contributed by atoms with E-state index in [2.05, 4.69) is 20.6 Å². The molecule has 3 rings (SSSR count). The molecule has 0 bridgehead atoms.